The van der Waals surface area contributed by atoms with E-state index in [0.717, 1.165) is 32.1 Å². The Morgan fingerprint density at radius 2 is 2.00 bits per heavy atom. The number of carbonyl (C=O) groups is 1. The molecule has 5 fully saturated rings. The van der Waals surface area contributed by atoms with Crippen molar-refractivity contribution in [2.75, 3.05) is 6.61 Å². The lowest BCUT2D eigenvalue weighted by molar-refractivity contribution is -0.178. The van der Waals surface area contributed by atoms with Crippen LogP contribution in [0.15, 0.2) is 0 Å². The van der Waals surface area contributed by atoms with Crippen molar-refractivity contribution >= 4 is 5.97 Å². The number of cyclic esters (lactones) is 1. The Labute approximate surface area is 137 Å². The summed E-state index contributed by atoms with van der Waals surface area (Å²) in [6, 6.07) is 0. The quantitative estimate of drug-likeness (QED) is 0.551. The minimum atomic E-state index is -0.192. The zero-order valence-corrected chi connectivity index (χ0v) is 14.2. The van der Waals surface area contributed by atoms with Crippen LogP contribution in [-0.2, 0) is 14.3 Å². The van der Waals surface area contributed by atoms with Gasteiger partial charge in [0.15, 0.2) is 0 Å². The van der Waals surface area contributed by atoms with Gasteiger partial charge in [0.2, 0.25) is 0 Å². The molecule has 8 atom stereocenters. The smallest absolute Gasteiger partial charge is 0.306 e. The third-order valence-corrected chi connectivity index (χ3v) is 8.53. The molecule has 3 saturated carbocycles. The molecule has 1 N–H and O–H groups in total. The van der Waals surface area contributed by atoms with Crippen LogP contribution in [0, 0.1) is 28.6 Å². The molecule has 5 rings (SSSR count). The van der Waals surface area contributed by atoms with Crippen molar-refractivity contribution in [3.05, 3.63) is 0 Å². The normalized spacial score (nSPS) is 60.7. The van der Waals surface area contributed by atoms with E-state index in [-0.39, 0.29) is 28.5 Å². The van der Waals surface area contributed by atoms with Gasteiger partial charge in [-0.05, 0) is 49.9 Å². The number of esters is 1. The van der Waals surface area contributed by atoms with Gasteiger partial charge in [-0.2, -0.15) is 0 Å². The summed E-state index contributed by atoms with van der Waals surface area (Å²) in [5.74, 6) is 1.67. The van der Waals surface area contributed by atoms with Crippen molar-refractivity contribution in [2.24, 2.45) is 28.6 Å². The summed E-state index contributed by atoms with van der Waals surface area (Å²) in [5.41, 5.74) is 0.283. The average molecular weight is 320 g/mol. The van der Waals surface area contributed by atoms with E-state index in [1.807, 2.05) is 0 Å². The maximum absolute atomic E-state index is 11.9. The van der Waals surface area contributed by atoms with Gasteiger partial charge in [0.25, 0.3) is 0 Å². The zero-order chi connectivity index (χ0) is 16.0. The molecule has 0 aromatic rings. The molecule has 23 heavy (non-hydrogen) atoms. The minimum absolute atomic E-state index is 0.00843. The van der Waals surface area contributed by atoms with Crippen molar-refractivity contribution in [1.82, 2.24) is 0 Å². The standard InChI is InChI=1S/C19H28O4/c1-17-5-4-13-12(14(17)8-16(21)22-10-17)7-15-19(23-15)9-11(20)3-6-18(13,19)2/h11-15,20H,3-10H2,1-2H3/t11-,12+,13-,14-,15-,17+,18+,19-/m0/s1. The first kappa shape index (κ1) is 14.7. The Bertz CT molecular complexity index is 562. The lowest BCUT2D eigenvalue weighted by atomic mass is 9.44. The molecule has 4 heteroatoms. The molecule has 4 nitrogen and oxygen atoms in total. The topological polar surface area (TPSA) is 59.1 Å². The molecule has 0 amide bonds. The van der Waals surface area contributed by atoms with Crippen LogP contribution < -0.4 is 0 Å². The largest absolute Gasteiger partial charge is 0.465 e. The van der Waals surface area contributed by atoms with Crippen LogP contribution in [0.2, 0.25) is 0 Å². The summed E-state index contributed by atoms with van der Waals surface area (Å²) in [6.45, 7) is 5.34. The van der Waals surface area contributed by atoms with Crippen molar-refractivity contribution < 1.29 is 19.4 Å². The van der Waals surface area contributed by atoms with E-state index in [1.165, 1.54) is 6.42 Å². The highest BCUT2D eigenvalue weighted by Gasteiger charge is 2.75. The lowest BCUT2D eigenvalue weighted by Gasteiger charge is -2.60. The summed E-state index contributed by atoms with van der Waals surface area (Å²) >= 11 is 0. The first-order valence-corrected chi connectivity index (χ1v) is 9.39. The third-order valence-electron chi connectivity index (χ3n) is 8.53. The van der Waals surface area contributed by atoms with E-state index in [0.29, 0.717) is 36.9 Å². The van der Waals surface area contributed by atoms with E-state index in [2.05, 4.69) is 13.8 Å². The molecule has 1 spiro atoms. The molecule has 0 aromatic heterocycles. The highest BCUT2D eigenvalue weighted by atomic mass is 16.6. The first-order chi connectivity index (χ1) is 10.9. The number of carbonyl (C=O) groups excluding carboxylic acids is 1. The predicted molar refractivity (Wildman–Crippen MR) is 83.6 cm³/mol. The van der Waals surface area contributed by atoms with Crippen molar-refractivity contribution in [3.8, 4) is 0 Å². The highest BCUT2D eigenvalue weighted by molar-refractivity contribution is 5.70. The average Bonchev–Trinajstić information content (AvgIpc) is 3.20. The van der Waals surface area contributed by atoms with Crippen LogP contribution in [0.5, 0.6) is 0 Å². The van der Waals surface area contributed by atoms with Gasteiger partial charge in [-0.1, -0.05) is 13.8 Å². The summed E-state index contributed by atoms with van der Waals surface area (Å²) < 4.78 is 11.7. The maximum Gasteiger partial charge on any atom is 0.306 e. The molecule has 0 bridgehead atoms. The second-order valence-corrected chi connectivity index (χ2v) is 9.48. The SMILES string of the molecule is C[C@]12CC[C@H]3[C@@H](C[C@@H]4O[C@@]45C[C@@H](O)CC[C@]35C)[C@@H]1CC(=O)OC2. The van der Waals surface area contributed by atoms with Crippen molar-refractivity contribution in [1.29, 1.82) is 0 Å². The monoisotopic (exact) mass is 320 g/mol. The van der Waals surface area contributed by atoms with Crippen LogP contribution in [0.25, 0.3) is 0 Å². The molecule has 3 aliphatic carbocycles. The summed E-state index contributed by atoms with van der Waals surface area (Å²) in [4.78, 5) is 11.9. The number of epoxide rings is 1. The van der Waals surface area contributed by atoms with Gasteiger partial charge in [0.05, 0.1) is 18.8 Å². The lowest BCUT2D eigenvalue weighted by Crippen LogP contribution is -2.60. The molecule has 0 aromatic carbocycles. The van der Waals surface area contributed by atoms with Gasteiger partial charge in [0.1, 0.15) is 5.60 Å². The summed E-state index contributed by atoms with van der Waals surface area (Å²) in [7, 11) is 0. The number of fused-ring (bicyclic) bond motifs is 4. The Kier molecular flexibility index (Phi) is 2.76. The predicted octanol–water partition coefficient (Wildman–Crippen LogP) is 2.67. The first-order valence-electron chi connectivity index (χ1n) is 9.39. The Hall–Kier alpha value is -0.610. The van der Waals surface area contributed by atoms with Gasteiger partial charge >= 0.3 is 5.97 Å². The van der Waals surface area contributed by atoms with Crippen molar-refractivity contribution in [2.45, 2.75) is 76.6 Å². The zero-order valence-electron chi connectivity index (χ0n) is 14.2. The van der Waals surface area contributed by atoms with E-state index >= 15 is 0 Å². The molecular weight excluding hydrogens is 292 g/mol. The molecule has 2 aliphatic heterocycles. The van der Waals surface area contributed by atoms with Crippen LogP contribution in [0.1, 0.15) is 58.8 Å². The van der Waals surface area contributed by atoms with Crippen LogP contribution in [0.3, 0.4) is 0 Å². The van der Waals surface area contributed by atoms with Gasteiger partial charge in [-0.25, -0.2) is 0 Å². The Morgan fingerprint density at radius 1 is 1.17 bits per heavy atom. The minimum Gasteiger partial charge on any atom is -0.465 e. The Morgan fingerprint density at radius 3 is 2.83 bits per heavy atom. The van der Waals surface area contributed by atoms with Crippen LogP contribution in [0.4, 0.5) is 0 Å². The third kappa shape index (κ3) is 1.72. The number of rotatable bonds is 0. The van der Waals surface area contributed by atoms with E-state index in [4.69, 9.17) is 9.47 Å². The van der Waals surface area contributed by atoms with E-state index < -0.39 is 0 Å². The number of ether oxygens (including phenoxy) is 2. The fourth-order valence-corrected chi connectivity index (χ4v) is 7.11. The molecule has 5 aliphatic rings. The second-order valence-electron chi connectivity index (χ2n) is 9.48. The Balaban J connectivity index is 1.51. The fraction of sp³-hybridized carbons (Fsp3) is 0.947. The van der Waals surface area contributed by atoms with Crippen LogP contribution in [-0.4, -0.2) is 35.5 Å². The fourth-order valence-electron chi connectivity index (χ4n) is 7.11. The highest BCUT2D eigenvalue weighted by Crippen LogP contribution is 2.72. The molecule has 128 valence electrons. The van der Waals surface area contributed by atoms with E-state index in [9.17, 15) is 9.90 Å². The van der Waals surface area contributed by atoms with Crippen molar-refractivity contribution in [3.63, 3.8) is 0 Å². The molecule has 2 saturated heterocycles. The molecular formula is C19H28O4. The maximum atomic E-state index is 11.9. The summed E-state index contributed by atoms with van der Waals surface area (Å²) in [6.07, 6.45) is 6.97. The van der Waals surface area contributed by atoms with Gasteiger partial charge in [-0.15, -0.1) is 0 Å². The van der Waals surface area contributed by atoms with Crippen LogP contribution >= 0.6 is 0 Å². The van der Waals surface area contributed by atoms with E-state index in [1.54, 1.807) is 0 Å². The summed E-state index contributed by atoms with van der Waals surface area (Å²) in [5, 5.41) is 10.2. The molecule has 0 unspecified atom stereocenters. The van der Waals surface area contributed by atoms with Gasteiger partial charge in [0, 0.05) is 23.7 Å². The second kappa shape index (κ2) is 4.32. The number of hydrogen-bond donors (Lipinski definition) is 1. The number of aliphatic hydroxyl groups excluding tert-OH is 1. The molecule has 2 heterocycles. The van der Waals surface area contributed by atoms with Gasteiger partial charge in [-0.3, -0.25) is 4.79 Å². The number of hydrogen-bond acceptors (Lipinski definition) is 4. The number of aliphatic hydroxyl groups is 1. The van der Waals surface area contributed by atoms with Gasteiger partial charge < -0.3 is 14.6 Å². The molecule has 0 radical (unpaired) electrons.